The van der Waals surface area contributed by atoms with Gasteiger partial charge in [-0.25, -0.2) is 4.98 Å². The standard InChI is InChI=1S/C19H11ClF3N3O2S2/c20-12-6-15-13(26-17(28)10-3-1-2-4-14(10)30-15)5-11(12)16(27)24-7-9-8-25-18(29-9)19(21,22)23/h1-6,8H,7H2,(H,24,27)(H,26,28). The van der Waals surface area contributed by atoms with E-state index in [0.717, 1.165) is 11.1 Å². The molecule has 1 aliphatic rings. The third kappa shape index (κ3) is 4.16. The van der Waals surface area contributed by atoms with Gasteiger partial charge in [-0.3, -0.25) is 9.59 Å². The van der Waals surface area contributed by atoms with Crippen LogP contribution in [0.1, 0.15) is 30.6 Å². The van der Waals surface area contributed by atoms with Gasteiger partial charge in [0.25, 0.3) is 11.8 Å². The Hall–Kier alpha value is -2.56. The molecule has 1 aromatic heterocycles. The summed E-state index contributed by atoms with van der Waals surface area (Å²) < 4.78 is 37.9. The van der Waals surface area contributed by atoms with E-state index < -0.39 is 17.1 Å². The Labute approximate surface area is 181 Å². The number of amides is 2. The van der Waals surface area contributed by atoms with Crippen LogP contribution in [0.2, 0.25) is 5.02 Å². The fourth-order valence-corrected chi connectivity index (χ4v) is 4.83. The van der Waals surface area contributed by atoms with Gasteiger partial charge in [-0.15, -0.1) is 11.3 Å². The molecule has 2 heterocycles. The number of hydrogen-bond acceptors (Lipinski definition) is 5. The second-order valence-corrected chi connectivity index (χ2v) is 8.80. The highest BCUT2D eigenvalue weighted by molar-refractivity contribution is 7.99. The summed E-state index contributed by atoms with van der Waals surface area (Å²) in [6, 6.07) is 10.1. The molecule has 0 radical (unpaired) electrons. The minimum Gasteiger partial charge on any atom is -0.347 e. The van der Waals surface area contributed by atoms with Crippen LogP contribution in [-0.2, 0) is 12.7 Å². The number of thiazole rings is 1. The van der Waals surface area contributed by atoms with E-state index in [4.69, 9.17) is 11.6 Å². The van der Waals surface area contributed by atoms with Gasteiger partial charge in [0, 0.05) is 20.9 Å². The van der Waals surface area contributed by atoms with E-state index in [1.54, 1.807) is 18.2 Å². The molecular weight excluding hydrogens is 459 g/mol. The zero-order valence-electron chi connectivity index (χ0n) is 14.8. The molecule has 154 valence electrons. The highest BCUT2D eigenvalue weighted by atomic mass is 35.5. The van der Waals surface area contributed by atoms with Crippen LogP contribution in [0.4, 0.5) is 18.9 Å². The number of nitrogens with zero attached hydrogens (tertiary/aromatic N) is 1. The first-order valence-electron chi connectivity index (χ1n) is 8.44. The van der Waals surface area contributed by atoms with Crippen LogP contribution in [0.3, 0.4) is 0 Å². The lowest BCUT2D eigenvalue weighted by atomic mass is 10.1. The maximum absolute atomic E-state index is 12.6. The van der Waals surface area contributed by atoms with Gasteiger partial charge in [0.05, 0.1) is 28.4 Å². The fraction of sp³-hybridized carbons (Fsp3) is 0.105. The normalized spacial score (nSPS) is 13.1. The number of fused-ring (bicyclic) bond motifs is 2. The molecule has 2 N–H and O–H groups in total. The van der Waals surface area contributed by atoms with Gasteiger partial charge in [-0.2, -0.15) is 13.2 Å². The highest BCUT2D eigenvalue weighted by Gasteiger charge is 2.34. The molecule has 0 spiro atoms. The lowest BCUT2D eigenvalue weighted by Gasteiger charge is -2.11. The van der Waals surface area contributed by atoms with Crippen molar-refractivity contribution in [2.24, 2.45) is 0 Å². The third-order valence-corrected chi connectivity index (χ3v) is 6.62. The topological polar surface area (TPSA) is 71.1 Å². The summed E-state index contributed by atoms with van der Waals surface area (Å²) in [5, 5.41) is 4.48. The second kappa shape index (κ2) is 7.93. The highest BCUT2D eigenvalue weighted by Crippen LogP contribution is 2.41. The molecule has 0 aliphatic carbocycles. The van der Waals surface area contributed by atoms with Gasteiger partial charge in [-0.05, 0) is 24.3 Å². The quantitative estimate of drug-likeness (QED) is 0.534. The molecule has 0 unspecified atom stereocenters. The van der Waals surface area contributed by atoms with Crippen molar-refractivity contribution in [3.05, 3.63) is 68.6 Å². The van der Waals surface area contributed by atoms with Crippen LogP contribution >= 0.6 is 34.7 Å². The summed E-state index contributed by atoms with van der Waals surface area (Å²) in [7, 11) is 0. The van der Waals surface area contributed by atoms with Crippen LogP contribution in [0, 0.1) is 0 Å². The lowest BCUT2D eigenvalue weighted by Crippen LogP contribution is -2.23. The van der Waals surface area contributed by atoms with Gasteiger partial charge in [0.15, 0.2) is 5.01 Å². The number of carbonyl (C=O) groups is 2. The summed E-state index contributed by atoms with van der Waals surface area (Å²) >= 11 is 8.07. The summed E-state index contributed by atoms with van der Waals surface area (Å²) in [5.41, 5.74) is 1.03. The van der Waals surface area contributed by atoms with Crippen molar-refractivity contribution in [1.29, 1.82) is 0 Å². The predicted molar refractivity (Wildman–Crippen MR) is 108 cm³/mol. The molecule has 3 aromatic rings. The van der Waals surface area contributed by atoms with Crippen molar-refractivity contribution < 1.29 is 22.8 Å². The number of nitrogens with one attached hydrogen (secondary N) is 2. The number of halogens is 4. The number of carbonyl (C=O) groups excluding carboxylic acids is 2. The van der Waals surface area contributed by atoms with E-state index in [-0.39, 0.29) is 27.9 Å². The Bertz CT molecular complexity index is 1160. The Morgan fingerprint density at radius 3 is 2.70 bits per heavy atom. The van der Waals surface area contributed by atoms with Crippen molar-refractivity contribution in [2.45, 2.75) is 22.5 Å². The molecule has 4 rings (SSSR count). The van der Waals surface area contributed by atoms with Crippen molar-refractivity contribution in [3.8, 4) is 0 Å². The Morgan fingerprint density at radius 1 is 1.20 bits per heavy atom. The van der Waals surface area contributed by atoms with Crippen LogP contribution in [-0.4, -0.2) is 16.8 Å². The third-order valence-electron chi connectivity index (χ3n) is 4.13. The molecule has 1 aliphatic heterocycles. The predicted octanol–water partition coefficient (Wildman–Crippen LogP) is 5.46. The van der Waals surface area contributed by atoms with Gasteiger partial charge >= 0.3 is 6.18 Å². The van der Waals surface area contributed by atoms with Crippen LogP contribution in [0.15, 0.2) is 52.4 Å². The van der Waals surface area contributed by atoms with E-state index in [2.05, 4.69) is 15.6 Å². The number of rotatable bonds is 3. The molecule has 5 nitrogen and oxygen atoms in total. The minimum absolute atomic E-state index is 0.0998. The number of hydrogen-bond donors (Lipinski definition) is 2. The monoisotopic (exact) mass is 469 g/mol. The molecule has 0 bridgehead atoms. The fourth-order valence-electron chi connectivity index (χ4n) is 2.75. The molecule has 2 aromatic carbocycles. The Kier molecular flexibility index (Phi) is 5.48. The van der Waals surface area contributed by atoms with Crippen LogP contribution < -0.4 is 10.6 Å². The van der Waals surface area contributed by atoms with Gasteiger partial charge in [-0.1, -0.05) is 35.5 Å². The number of aromatic nitrogens is 1. The Morgan fingerprint density at radius 2 is 1.97 bits per heavy atom. The van der Waals surface area contributed by atoms with E-state index >= 15 is 0 Å². The molecule has 30 heavy (non-hydrogen) atoms. The van der Waals surface area contributed by atoms with E-state index in [1.165, 1.54) is 17.8 Å². The summed E-state index contributed by atoms with van der Waals surface area (Å²) in [5.74, 6) is -0.888. The lowest BCUT2D eigenvalue weighted by molar-refractivity contribution is -0.137. The van der Waals surface area contributed by atoms with Crippen molar-refractivity contribution in [2.75, 3.05) is 5.32 Å². The molecule has 0 saturated carbocycles. The van der Waals surface area contributed by atoms with E-state index in [1.807, 2.05) is 12.1 Å². The maximum Gasteiger partial charge on any atom is 0.443 e. The molecule has 0 atom stereocenters. The summed E-state index contributed by atoms with van der Waals surface area (Å²) in [4.78, 5) is 30.0. The maximum atomic E-state index is 12.6. The average molecular weight is 470 g/mol. The molecule has 0 fully saturated rings. The van der Waals surface area contributed by atoms with Gasteiger partial charge < -0.3 is 10.6 Å². The summed E-state index contributed by atoms with van der Waals surface area (Å²) in [6.07, 6.45) is -3.46. The smallest absolute Gasteiger partial charge is 0.347 e. The van der Waals surface area contributed by atoms with Crippen molar-refractivity contribution in [3.63, 3.8) is 0 Å². The SMILES string of the molecule is O=C(NCc1cnc(C(F)(F)F)s1)c1cc2c(cc1Cl)Sc1ccccc1C(=O)N2. The Balaban J connectivity index is 1.54. The average Bonchev–Trinajstić information content (AvgIpc) is 3.13. The molecule has 2 amide bonds. The van der Waals surface area contributed by atoms with Gasteiger partial charge in [0.1, 0.15) is 0 Å². The van der Waals surface area contributed by atoms with Crippen LogP contribution in [0.25, 0.3) is 0 Å². The minimum atomic E-state index is -4.53. The molecule has 0 saturated heterocycles. The zero-order valence-corrected chi connectivity index (χ0v) is 17.2. The first-order chi connectivity index (χ1) is 14.2. The van der Waals surface area contributed by atoms with E-state index in [9.17, 15) is 22.8 Å². The summed E-state index contributed by atoms with van der Waals surface area (Å²) in [6.45, 7) is -0.132. The zero-order chi connectivity index (χ0) is 21.5. The largest absolute Gasteiger partial charge is 0.443 e. The molecule has 11 heteroatoms. The van der Waals surface area contributed by atoms with Gasteiger partial charge in [0.2, 0.25) is 0 Å². The first-order valence-corrected chi connectivity index (χ1v) is 10.5. The number of alkyl halides is 3. The van der Waals surface area contributed by atoms with Crippen molar-refractivity contribution in [1.82, 2.24) is 10.3 Å². The number of benzene rings is 2. The van der Waals surface area contributed by atoms with Crippen molar-refractivity contribution >= 4 is 52.2 Å². The van der Waals surface area contributed by atoms with E-state index in [0.29, 0.717) is 27.5 Å². The van der Waals surface area contributed by atoms with Crippen LogP contribution in [0.5, 0.6) is 0 Å². The molecular formula is C19H11ClF3N3O2S2. The second-order valence-electron chi connectivity index (χ2n) is 6.19. The number of anilines is 1. The first kappa shape index (κ1) is 20.7.